The molecule has 0 amide bonds. The van der Waals surface area contributed by atoms with Crippen molar-refractivity contribution in [3.63, 3.8) is 0 Å². The van der Waals surface area contributed by atoms with Gasteiger partial charge in [0, 0.05) is 12.8 Å². The molecular weight excluding hydrogens is 922 g/mol. The Balaban J connectivity index is 2.70. The average Bonchev–Trinajstić information content (AvgIpc) is 3.29. The molecule has 1 aliphatic rings. The van der Waals surface area contributed by atoms with Gasteiger partial charge in [0.25, 0.3) is 0 Å². The summed E-state index contributed by atoms with van der Waals surface area (Å²) in [6.45, 7) is 2.89. The van der Waals surface area contributed by atoms with Crippen molar-refractivity contribution >= 4 is 27.6 Å². The lowest BCUT2D eigenvalue weighted by Crippen LogP contribution is -2.64. The molecule has 0 aliphatic heterocycles. The minimum atomic E-state index is -5.39. The van der Waals surface area contributed by atoms with Crippen LogP contribution in [0.4, 0.5) is 0 Å². The van der Waals surface area contributed by atoms with Gasteiger partial charge in [-0.1, -0.05) is 151 Å². The molecule has 392 valence electrons. The van der Waals surface area contributed by atoms with Crippen molar-refractivity contribution in [2.45, 2.75) is 210 Å². The molecule has 17 nitrogen and oxygen atoms in total. The normalized spacial score (nSPS) is 22.3. The third kappa shape index (κ3) is 33.1. The summed E-state index contributed by atoms with van der Waals surface area (Å²) >= 11 is 0. The second kappa shape index (κ2) is 39.1. The van der Waals surface area contributed by atoms with E-state index in [1.807, 2.05) is 24.3 Å². The van der Waals surface area contributed by atoms with Crippen LogP contribution in [-0.2, 0) is 41.8 Å². The number of rotatable bonds is 40. The molecule has 6 unspecified atom stereocenters. The van der Waals surface area contributed by atoms with E-state index in [2.05, 4.69) is 54.8 Å². The third-order valence-corrected chi connectivity index (χ3v) is 12.4. The zero-order valence-corrected chi connectivity index (χ0v) is 42.2. The zero-order chi connectivity index (χ0) is 50.5. The fraction of sp³-hybridized carbons (Fsp3) is 0.714. The Kier molecular flexibility index (Phi) is 36.4. The molecule has 1 rings (SSSR count). The first-order valence-electron chi connectivity index (χ1n) is 24.6. The standard InChI is InChI=1S/C49H84O17P2/c1-3-5-7-9-11-13-15-17-18-19-20-22-24-26-28-30-32-36-42(51)62-38-41(39-63-68(60,61)66-49-46(55)44(53)45(54)48(47(49)56)65-67(57,58)59)64-43(52)37-33-35-40(50)34-31-29-27-25-23-21-16-14-12-10-8-6-4-2/h17-18,20-23,26-29,31,34,40-41,44-50,53-56H,3-16,19,24-25,30,32-33,35-39H2,1-2H3,(H,60,61)(H2,57,58,59)/b18-17-,22-20-,23-21+,28-26-,29-27+,34-31+/t40?,41-,44?,45?,46?,47?,48-,49+/m1/s1. The van der Waals surface area contributed by atoms with Crippen LogP contribution in [0.3, 0.4) is 0 Å². The van der Waals surface area contributed by atoms with Crippen molar-refractivity contribution in [3.05, 3.63) is 72.9 Å². The van der Waals surface area contributed by atoms with Crippen LogP contribution in [0.2, 0.25) is 0 Å². The monoisotopic (exact) mass is 1010 g/mol. The van der Waals surface area contributed by atoms with Crippen molar-refractivity contribution in [2.75, 3.05) is 13.2 Å². The third-order valence-electron chi connectivity index (χ3n) is 10.9. The van der Waals surface area contributed by atoms with Crippen molar-refractivity contribution in [1.29, 1.82) is 0 Å². The van der Waals surface area contributed by atoms with E-state index in [0.29, 0.717) is 12.8 Å². The number of aliphatic hydroxyl groups excluding tert-OH is 5. The summed E-state index contributed by atoms with van der Waals surface area (Å²) in [6.07, 6.45) is 28.8. The number of ether oxygens (including phenoxy) is 2. The number of phosphoric ester groups is 2. The molecule has 19 heteroatoms. The Morgan fingerprint density at radius 3 is 1.59 bits per heavy atom. The lowest BCUT2D eigenvalue weighted by molar-refractivity contribution is -0.216. The molecular formula is C49H84O17P2. The molecule has 8 N–H and O–H groups in total. The number of hydrogen-bond donors (Lipinski definition) is 8. The van der Waals surface area contributed by atoms with Gasteiger partial charge in [0.1, 0.15) is 43.2 Å². The lowest BCUT2D eigenvalue weighted by Gasteiger charge is -2.43. The summed E-state index contributed by atoms with van der Waals surface area (Å²) in [5.41, 5.74) is 0. The number of aliphatic hydroxyl groups is 5. The maximum absolute atomic E-state index is 13.0. The molecule has 9 atom stereocenters. The first kappa shape index (κ1) is 63.4. The molecule has 0 aromatic rings. The summed E-state index contributed by atoms with van der Waals surface area (Å²) in [5, 5.41) is 51.6. The summed E-state index contributed by atoms with van der Waals surface area (Å²) in [6, 6.07) is 0. The number of carbonyl (C=O) groups excluding carboxylic acids is 2. The minimum Gasteiger partial charge on any atom is -0.462 e. The average molecular weight is 1010 g/mol. The fourth-order valence-corrected chi connectivity index (χ4v) is 8.53. The van der Waals surface area contributed by atoms with Crippen molar-refractivity contribution in [3.8, 4) is 0 Å². The topological polar surface area (TPSA) is 276 Å². The van der Waals surface area contributed by atoms with E-state index in [1.165, 1.54) is 77.0 Å². The molecule has 1 saturated carbocycles. The second-order valence-corrected chi connectivity index (χ2v) is 19.6. The number of phosphoric acid groups is 2. The number of allylic oxidation sites excluding steroid dienone is 11. The molecule has 0 heterocycles. The molecule has 0 radical (unpaired) electrons. The van der Waals surface area contributed by atoms with Crippen molar-refractivity contribution in [2.24, 2.45) is 0 Å². The fourth-order valence-electron chi connectivity index (χ4n) is 6.99. The molecule has 0 bridgehead atoms. The van der Waals surface area contributed by atoms with E-state index in [4.69, 9.17) is 18.5 Å². The molecule has 0 saturated heterocycles. The summed E-state index contributed by atoms with van der Waals surface area (Å²) < 4.78 is 49.2. The number of hydrogen-bond acceptors (Lipinski definition) is 14. The van der Waals surface area contributed by atoms with Crippen LogP contribution in [0.5, 0.6) is 0 Å². The van der Waals surface area contributed by atoms with Crippen molar-refractivity contribution < 1.29 is 82.0 Å². The molecule has 0 aromatic carbocycles. The largest absolute Gasteiger partial charge is 0.472 e. The van der Waals surface area contributed by atoms with Crippen molar-refractivity contribution in [1.82, 2.24) is 0 Å². The van der Waals surface area contributed by atoms with Crippen LogP contribution in [-0.4, -0.2) is 114 Å². The summed E-state index contributed by atoms with van der Waals surface area (Å²) in [4.78, 5) is 54.3. The molecule has 68 heavy (non-hydrogen) atoms. The van der Waals surface area contributed by atoms with Gasteiger partial charge in [0.15, 0.2) is 6.10 Å². The van der Waals surface area contributed by atoms with Crippen LogP contribution in [0.25, 0.3) is 0 Å². The zero-order valence-electron chi connectivity index (χ0n) is 40.4. The van der Waals surface area contributed by atoms with Crippen LogP contribution in [0, 0.1) is 0 Å². The number of carbonyl (C=O) groups is 2. The van der Waals surface area contributed by atoms with E-state index < -0.39 is 89.6 Å². The molecule has 1 aliphatic carbocycles. The van der Waals surface area contributed by atoms with Crippen LogP contribution < -0.4 is 0 Å². The molecule has 0 aromatic heterocycles. The van der Waals surface area contributed by atoms with Gasteiger partial charge in [-0.15, -0.1) is 0 Å². The van der Waals surface area contributed by atoms with E-state index in [0.717, 1.165) is 32.1 Å². The Morgan fingerprint density at radius 2 is 1.03 bits per heavy atom. The van der Waals surface area contributed by atoms with Crippen LogP contribution >= 0.6 is 15.6 Å². The Morgan fingerprint density at radius 1 is 0.544 bits per heavy atom. The van der Waals surface area contributed by atoms with Gasteiger partial charge in [-0.2, -0.15) is 0 Å². The highest BCUT2D eigenvalue weighted by Crippen LogP contribution is 2.49. The number of esters is 2. The Labute approximate surface area is 404 Å². The first-order valence-corrected chi connectivity index (χ1v) is 27.6. The van der Waals surface area contributed by atoms with Gasteiger partial charge in [0.2, 0.25) is 0 Å². The first-order chi connectivity index (χ1) is 32.5. The van der Waals surface area contributed by atoms with Crippen LogP contribution in [0.1, 0.15) is 162 Å². The lowest BCUT2D eigenvalue weighted by atomic mass is 9.85. The maximum Gasteiger partial charge on any atom is 0.472 e. The van der Waals surface area contributed by atoms with Gasteiger partial charge in [0.05, 0.1) is 12.7 Å². The maximum atomic E-state index is 13.0. The van der Waals surface area contributed by atoms with Gasteiger partial charge < -0.3 is 49.7 Å². The summed E-state index contributed by atoms with van der Waals surface area (Å²) in [5.74, 6) is -1.47. The Bertz CT molecular complexity index is 1610. The second-order valence-electron chi connectivity index (χ2n) is 17.0. The summed E-state index contributed by atoms with van der Waals surface area (Å²) in [7, 11) is -10.8. The predicted octanol–water partition coefficient (Wildman–Crippen LogP) is 8.59. The highest BCUT2D eigenvalue weighted by Gasteiger charge is 2.54. The highest BCUT2D eigenvalue weighted by molar-refractivity contribution is 7.47. The minimum absolute atomic E-state index is 0.00669. The van der Waals surface area contributed by atoms with Crippen LogP contribution in [0.15, 0.2) is 72.9 Å². The molecule has 0 spiro atoms. The number of unbranched alkanes of at least 4 members (excludes halogenated alkanes) is 13. The van der Waals surface area contributed by atoms with Gasteiger partial charge in [-0.25, -0.2) is 9.13 Å². The van der Waals surface area contributed by atoms with E-state index >= 15 is 0 Å². The highest BCUT2D eigenvalue weighted by atomic mass is 31.2. The Hall–Kier alpha value is -2.60. The smallest absolute Gasteiger partial charge is 0.462 e. The van der Waals surface area contributed by atoms with Gasteiger partial charge in [-0.05, 0) is 70.6 Å². The van der Waals surface area contributed by atoms with E-state index in [9.17, 15) is 58.9 Å². The molecule has 1 fully saturated rings. The SMILES string of the molecule is CCCCCCCC/C=C\C/C=C\C/C=C\CCCC(=O)OC[C@H](COP(=O)(O)O[C@H]1C(O)C(O)C(O)[C@@H](OP(=O)(O)O)C1O)OC(=O)CCCC(O)/C=C/C=C/C/C=C/CCCCCCCC. The van der Waals surface area contributed by atoms with E-state index in [-0.39, 0.29) is 25.7 Å². The van der Waals surface area contributed by atoms with E-state index in [1.54, 1.807) is 12.2 Å². The predicted molar refractivity (Wildman–Crippen MR) is 261 cm³/mol. The van der Waals surface area contributed by atoms with Gasteiger partial charge >= 0.3 is 27.6 Å². The quantitative estimate of drug-likeness (QED) is 0.00938. The van der Waals surface area contributed by atoms with Gasteiger partial charge in [-0.3, -0.25) is 23.2 Å².